The van der Waals surface area contributed by atoms with Gasteiger partial charge in [0.25, 0.3) is 10.0 Å². The average molecular weight is 373 g/mol. The number of pyridine rings is 1. The zero-order valence-electron chi connectivity index (χ0n) is 11.1. The predicted octanol–water partition coefficient (Wildman–Crippen LogP) is 2.15. The summed E-state index contributed by atoms with van der Waals surface area (Å²) < 4.78 is 32.7. The quantitative estimate of drug-likeness (QED) is 0.839. The number of benzene rings is 1. The molecule has 2 N–H and O–H groups in total. The van der Waals surface area contributed by atoms with E-state index in [0.29, 0.717) is 21.5 Å². The van der Waals surface area contributed by atoms with Crippen molar-refractivity contribution in [1.82, 2.24) is 4.98 Å². The van der Waals surface area contributed by atoms with Crippen molar-refractivity contribution in [3.05, 3.63) is 46.7 Å². The highest BCUT2D eigenvalue weighted by molar-refractivity contribution is 9.10. The van der Waals surface area contributed by atoms with Crippen LogP contribution in [0.4, 0.5) is 5.69 Å². The summed E-state index contributed by atoms with van der Waals surface area (Å²) in [6.07, 6.45) is 2.97. The molecule has 0 spiro atoms. The normalized spacial score (nSPS) is 11.2. The van der Waals surface area contributed by atoms with Crippen LogP contribution in [0, 0.1) is 0 Å². The number of rotatable bonds is 5. The van der Waals surface area contributed by atoms with Crippen molar-refractivity contribution in [1.29, 1.82) is 0 Å². The summed E-state index contributed by atoms with van der Waals surface area (Å²) in [5, 5.41) is 9.26. The maximum absolute atomic E-state index is 12.3. The van der Waals surface area contributed by atoms with Gasteiger partial charge in [-0.15, -0.1) is 0 Å². The number of methoxy groups -OCH3 is 1. The number of ether oxygens (including phenoxy) is 1. The van der Waals surface area contributed by atoms with Crippen molar-refractivity contribution < 1.29 is 18.3 Å². The Morgan fingerprint density at radius 3 is 2.76 bits per heavy atom. The van der Waals surface area contributed by atoms with Gasteiger partial charge >= 0.3 is 0 Å². The van der Waals surface area contributed by atoms with E-state index >= 15 is 0 Å². The Bertz CT molecular complexity index is 750. The molecule has 0 fully saturated rings. The predicted molar refractivity (Wildman–Crippen MR) is 81.7 cm³/mol. The number of halogens is 1. The fourth-order valence-electron chi connectivity index (χ4n) is 1.71. The zero-order valence-corrected chi connectivity index (χ0v) is 13.5. The summed E-state index contributed by atoms with van der Waals surface area (Å²) in [6, 6.07) is 5.82. The Morgan fingerprint density at radius 1 is 1.38 bits per heavy atom. The Kier molecular flexibility index (Phi) is 4.81. The summed E-state index contributed by atoms with van der Waals surface area (Å²) in [7, 11) is -2.31. The van der Waals surface area contributed by atoms with E-state index in [1.165, 1.54) is 43.8 Å². The van der Waals surface area contributed by atoms with E-state index < -0.39 is 10.0 Å². The number of nitrogens with one attached hydrogen (secondary N) is 1. The van der Waals surface area contributed by atoms with Crippen LogP contribution in [0.15, 0.2) is 46.0 Å². The number of sulfonamides is 1. The number of anilines is 1. The molecule has 0 aliphatic heterocycles. The molecule has 0 saturated carbocycles. The molecule has 0 unspecified atom stereocenters. The van der Waals surface area contributed by atoms with Crippen LogP contribution in [0.5, 0.6) is 5.75 Å². The molecular weight excluding hydrogens is 360 g/mol. The number of aliphatic hydroxyl groups excluding tert-OH is 1. The van der Waals surface area contributed by atoms with Crippen molar-refractivity contribution in [2.24, 2.45) is 0 Å². The van der Waals surface area contributed by atoms with Crippen LogP contribution in [0.3, 0.4) is 0 Å². The molecule has 0 aliphatic carbocycles. The first-order chi connectivity index (χ1) is 9.97. The van der Waals surface area contributed by atoms with Gasteiger partial charge in [0.2, 0.25) is 0 Å². The van der Waals surface area contributed by atoms with Crippen LogP contribution in [0.1, 0.15) is 5.56 Å². The first-order valence-corrected chi connectivity index (χ1v) is 8.15. The Hall–Kier alpha value is -1.64. The summed E-state index contributed by atoms with van der Waals surface area (Å²) in [6.45, 7) is -0.314. The zero-order chi connectivity index (χ0) is 15.5. The number of hydrogen-bond acceptors (Lipinski definition) is 5. The second kappa shape index (κ2) is 6.42. The standard InChI is InChI=1S/C13H13BrN2O4S/c1-20-13-3-2-10(6-9(13)8-17)21(18,19)16-12-4-5-15-7-11(12)14/h2-7,17H,8H2,1H3,(H,15,16). The van der Waals surface area contributed by atoms with Crippen LogP contribution in [-0.4, -0.2) is 25.6 Å². The topological polar surface area (TPSA) is 88.5 Å². The van der Waals surface area contributed by atoms with Gasteiger partial charge in [-0.05, 0) is 40.2 Å². The Balaban J connectivity index is 2.38. The van der Waals surface area contributed by atoms with Crippen LogP contribution in [-0.2, 0) is 16.6 Å². The van der Waals surface area contributed by atoms with E-state index in [9.17, 15) is 13.5 Å². The van der Waals surface area contributed by atoms with Crippen LogP contribution in [0.2, 0.25) is 0 Å². The number of hydrogen-bond donors (Lipinski definition) is 2. The van der Waals surface area contributed by atoms with E-state index in [-0.39, 0.29) is 11.5 Å². The van der Waals surface area contributed by atoms with Crippen molar-refractivity contribution in [2.75, 3.05) is 11.8 Å². The smallest absolute Gasteiger partial charge is 0.261 e. The second-order valence-electron chi connectivity index (χ2n) is 4.09. The van der Waals surface area contributed by atoms with E-state index in [0.717, 1.165) is 0 Å². The molecule has 8 heteroatoms. The minimum absolute atomic E-state index is 0.0380. The minimum atomic E-state index is -3.77. The highest BCUT2D eigenvalue weighted by atomic mass is 79.9. The first-order valence-electron chi connectivity index (χ1n) is 5.88. The second-order valence-corrected chi connectivity index (χ2v) is 6.63. The summed E-state index contributed by atoms with van der Waals surface area (Å²) in [5.74, 6) is 0.432. The van der Waals surface area contributed by atoms with Gasteiger partial charge < -0.3 is 9.84 Å². The molecule has 0 amide bonds. The van der Waals surface area contributed by atoms with Gasteiger partial charge in [0.1, 0.15) is 5.75 Å². The van der Waals surface area contributed by atoms with Gasteiger partial charge in [-0.2, -0.15) is 0 Å². The lowest BCUT2D eigenvalue weighted by Gasteiger charge is -2.12. The number of aliphatic hydroxyl groups is 1. The highest BCUT2D eigenvalue weighted by Gasteiger charge is 2.17. The average Bonchev–Trinajstić information content (AvgIpc) is 2.48. The summed E-state index contributed by atoms with van der Waals surface area (Å²) >= 11 is 3.22. The molecule has 0 aliphatic rings. The Labute approximate surface area is 131 Å². The van der Waals surface area contributed by atoms with Crippen molar-refractivity contribution in [3.63, 3.8) is 0 Å². The monoisotopic (exact) mass is 372 g/mol. The maximum atomic E-state index is 12.3. The SMILES string of the molecule is COc1ccc(S(=O)(=O)Nc2ccncc2Br)cc1CO. The minimum Gasteiger partial charge on any atom is -0.496 e. The maximum Gasteiger partial charge on any atom is 0.261 e. The fourth-order valence-corrected chi connectivity index (χ4v) is 3.32. The van der Waals surface area contributed by atoms with Gasteiger partial charge in [-0.25, -0.2) is 8.42 Å². The molecule has 0 atom stereocenters. The van der Waals surface area contributed by atoms with Gasteiger partial charge in [-0.1, -0.05) is 0 Å². The molecule has 0 bridgehead atoms. The van der Waals surface area contributed by atoms with Crippen LogP contribution < -0.4 is 9.46 Å². The van der Waals surface area contributed by atoms with Gasteiger partial charge in [0.05, 0.1) is 28.8 Å². The fraction of sp³-hybridized carbons (Fsp3) is 0.154. The Morgan fingerprint density at radius 2 is 2.14 bits per heavy atom. The van der Waals surface area contributed by atoms with E-state index in [2.05, 4.69) is 25.6 Å². The third-order valence-electron chi connectivity index (χ3n) is 2.75. The van der Waals surface area contributed by atoms with Gasteiger partial charge in [0, 0.05) is 18.0 Å². The van der Waals surface area contributed by atoms with Crippen molar-refractivity contribution in [3.8, 4) is 5.75 Å². The molecule has 6 nitrogen and oxygen atoms in total. The van der Waals surface area contributed by atoms with E-state index in [1.54, 1.807) is 0 Å². The summed E-state index contributed by atoms with van der Waals surface area (Å²) in [5.41, 5.74) is 0.778. The largest absolute Gasteiger partial charge is 0.496 e. The van der Waals surface area contributed by atoms with Crippen molar-refractivity contribution in [2.45, 2.75) is 11.5 Å². The molecule has 1 heterocycles. The third-order valence-corrected chi connectivity index (χ3v) is 4.74. The molecule has 0 saturated heterocycles. The number of aromatic nitrogens is 1. The lowest BCUT2D eigenvalue weighted by molar-refractivity contribution is 0.273. The molecule has 2 rings (SSSR count). The summed E-state index contributed by atoms with van der Waals surface area (Å²) in [4.78, 5) is 3.90. The molecule has 1 aromatic heterocycles. The lowest BCUT2D eigenvalue weighted by atomic mass is 10.2. The van der Waals surface area contributed by atoms with Crippen LogP contribution in [0.25, 0.3) is 0 Å². The molecule has 0 radical (unpaired) electrons. The molecule has 2 aromatic rings. The number of nitrogens with zero attached hydrogens (tertiary/aromatic N) is 1. The van der Waals surface area contributed by atoms with Gasteiger partial charge in [-0.3, -0.25) is 9.71 Å². The molecule has 1 aromatic carbocycles. The molecule has 21 heavy (non-hydrogen) atoms. The highest BCUT2D eigenvalue weighted by Crippen LogP contribution is 2.26. The molecular formula is C13H13BrN2O4S. The van der Waals surface area contributed by atoms with Crippen molar-refractivity contribution >= 4 is 31.6 Å². The van der Waals surface area contributed by atoms with E-state index in [4.69, 9.17) is 4.74 Å². The van der Waals surface area contributed by atoms with Crippen LogP contribution >= 0.6 is 15.9 Å². The van der Waals surface area contributed by atoms with E-state index in [1.807, 2.05) is 0 Å². The van der Waals surface area contributed by atoms with Gasteiger partial charge in [0.15, 0.2) is 0 Å². The lowest BCUT2D eigenvalue weighted by Crippen LogP contribution is -2.14. The molecule has 112 valence electrons. The first kappa shape index (κ1) is 15.7. The third kappa shape index (κ3) is 3.52.